The molecule has 1 atom stereocenters. The normalized spacial score (nSPS) is 16.8. The van der Waals surface area contributed by atoms with E-state index in [1.54, 1.807) is 27.3 Å². The Hall–Kier alpha value is -4.22. The Labute approximate surface area is 302 Å². The number of rotatable bonds is 11. The summed E-state index contributed by atoms with van der Waals surface area (Å²) in [5.41, 5.74) is 6.16. The fourth-order valence-electron chi connectivity index (χ4n) is 6.82. The maximum atomic E-state index is 11.7. The summed E-state index contributed by atoms with van der Waals surface area (Å²) >= 11 is 14.2. The lowest BCUT2D eigenvalue weighted by Gasteiger charge is -2.32. The van der Waals surface area contributed by atoms with Crippen molar-refractivity contribution in [2.75, 3.05) is 40.4 Å². The smallest absolute Gasteiger partial charge is 0.307 e. The van der Waals surface area contributed by atoms with Crippen LogP contribution in [0.5, 0.6) is 11.6 Å². The van der Waals surface area contributed by atoms with Gasteiger partial charge in [-0.25, -0.2) is 4.98 Å². The van der Waals surface area contributed by atoms with Gasteiger partial charge >= 0.3 is 5.97 Å². The van der Waals surface area contributed by atoms with Gasteiger partial charge in [0.2, 0.25) is 11.8 Å². The van der Waals surface area contributed by atoms with Crippen molar-refractivity contribution in [1.82, 2.24) is 25.1 Å². The van der Waals surface area contributed by atoms with Crippen molar-refractivity contribution in [3.05, 3.63) is 82.0 Å². The Morgan fingerprint density at radius 1 is 0.920 bits per heavy atom. The molecule has 6 rings (SSSR count). The standard InChI is InChI=1S/C38H41Cl2N5O5/c1-23(46)45-17-13-28(14-18-45)42-20-25-8-7-24(19-33(25)49-2)36-35(40)30(11-15-41-36)29-5-4-6-31(34(29)39)32-10-9-26(37(43-32)50-3)21-44-16-12-27(22-44)38(47)48/h4-11,15,19,27-28,42H,12-14,16-18,20-22H2,1-3H3,(H,47,48). The van der Waals surface area contributed by atoms with Gasteiger partial charge in [-0.2, -0.15) is 0 Å². The number of nitrogens with one attached hydrogen (secondary N) is 1. The second-order valence-electron chi connectivity index (χ2n) is 12.8. The third-order valence-corrected chi connectivity index (χ3v) is 10.5. The number of ether oxygens (including phenoxy) is 2. The third kappa shape index (κ3) is 7.73. The Bertz CT molecular complexity index is 1880. The summed E-state index contributed by atoms with van der Waals surface area (Å²) in [6.07, 6.45) is 4.18. The number of carboxylic acid groups (broad SMARTS) is 1. The van der Waals surface area contributed by atoms with Crippen LogP contribution in [-0.4, -0.2) is 83.2 Å². The molecule has 0 aliphatic carbocycles. The highest BCUT2D eigenvalue weighted by molar-refractivity contribution is 6.39. The van der Waals surface area contributed by atoms with Crippen LogP contribution in [0.2, 0.25) is 10.0 Å². The molecule has 2 saturated heterocycles. The largest absolute Gasteiger partial charge is 0.496 e. The van der Waals surface area contributed by atoms with Gasteiger partial charge in [-0.3, -0.25) is 19.5 Å². The Kier molecular flexibility index (Phi) is 11.2. The summed E-state index contributed by atoms with van der Waals surface area (Å²) in [7, 11) is 3.23. The molecule has 2 aliphatic heterocycles. The van der Waals surface area contributed by atoms with Crippen LogP contribution >= 0.6 is 23.2 Å². The number of amides is 1. The fourth-order valence-corrected chi connectivity index (χ4v) is 7.46. The lowest BCUT2D eigenvalue weighted by atomic mass is 9.99. The highest BCUT2D eigenvalue weighted by Gasteiger charge is 2.29. The molecule has 2 aromatic heterocycles. The van der Waals surface area contributed by atoms with Gasteiger partial charge in [0.15, 0.2) is 0 Å². The molecule has 4 aromatic rings. The number of carbonyl (C=O) groups excluding carboxylic acids is 1. The summed E-state index contributed by atoms with van der Waals surface area (Å²) in [6.45, 7) is 5.56. The first-order chi connectivity index (χ1) is 24.2. The van der Waals surface area contributed by atoms with Crippen LogP contribution in [0.1, 0.15) is 37.3 Å². The van der Waals surface area contributed by atoms with Crippen LogP contribution in [0.3, 0.4) is 0 Å². The van der Waals surface area contributed by atoms with Crippen LogP contribution in [-0.2, 0) is 22.7 Å². The molecule has 10 nitrogen and oxygen atoms in total. The number of carboxylic acids is 1. The van der Waals surface area contributed by atoms with Crippen LogP contribution in [0, 0.1) is 5.92 Å². The number of methoxy groups -OCH3 is 2. The number of nitrogens with zero attached hydrogens (tertiary/aromatic N) is 4. The number of benzene rings is 2. The van der Waals surface area contributed by atoms with E-state index in [1.165, 1.54) is 0 Å². The van der Waals surface area contributed by atoms with Crippen molar-refractivity contribution < 1.29 is 24.2 Å². The highest BCUT2D eigenvalue weighted by Crippen LogP contribution is 2.42. The molecule has 1 amide bonds. The van der Waals surface area contributed by atoms with E-state index in [0.29, 0.717) is 66.0 Å². The molecule has 1 unspecified atom stereocenters. The van der Waals surface area contributed by atoms with Crippen LogP contribution in [0.4, 0.5) is 0 Å². The average Bonchev–Trinajstić information content (AvgIpc) is 3.60. The second kappa shape index (κ2) is 15.8. The van der Waals surface area contributed by atoms with Crippen molar-refractivity contribution in [3.8, 4) is 45.3 Å². The molecule has 12 heteroatoms. The van der Waals surface area contributed by atoms with E-state index in [2.05, 4.69) is 15.2 Å². The lowest BCUT2D eigenvalue weighted by Crippen LogP contribution is -2.43. The molecular weight excluding hydrogens is 677 g/mol. The van der Waals surface area contributed by atoms with Gasteiger partial charge in [-0.15, -0.1) is 0 Å². The first-order valence-electron chi connectivity index (χ1n) is 16.8. The van der Waals surface area contributed by atoms with Crippen molar-refractivity contribution in [2.24, 2.45) is 5.92 Å². The van der Waals surface area contributed by atoms with Gasteiger partial charge in [0, 0.05) is 85.3 Å². The topological polar surface area (TPSA) is 117 Å². The van der Waals surface area contributed by atoms with Crippen LogP contribution in [0.25, 0.3) is 33.6 Å². The Morgan fingerprint density at radius 3 is 2.36 bits per heavy atom. The predicted octanol–water partition coefficient (Wildman–Crippen LogP) is 6.81. The van der Waals surface area contributed by atoms with E-state index in [9.17, 15) is 14.7 Å². The van der Waals surface area contributed by atoms with Crippen LogP contribution < -0.4 is 14.8 Å². The van der Waals surface area contributed by atoms with E-state index in [4.69, 9.17) is 37.7 Å². The van der Waals surface area contributed by atoms with Gasteiger partial charge in [0.25, 0.3) is 0 Å². The predicted molar refractivity (Wildman–Crippen MR) is 195 cm³/mol. The van der Waals surface area contributed by atoms with Crippen molar-refractivity contribution in [1.29, 1.82) is 0 Å². The zero-order valence-electron chi connectivity index (χ0n) is 28.4. The molecule has 4 heterocycles. The Morgan fingerprint density at radius 2 is 1.66 bits per heavy atom. The first-order valence-corrected chi connectivity index (χ1v) is 17.5. The summed E-state index contributed by atoms with van der Waals surface area (Å²) in [5.74, 6) is 0.217. The number of halogens is 2. The SMILES string of the molecule is COc1cc(-c2nccc(-c3cccc(-c4ccc(CN5CCC(C(=O)O)C5)c(OC)n4)c3Cl)c2Cl)ccc1CNC1CCN(C(C)=O)CC1. The molecule has 2 N–H and O–H groups in total. The zero-order valence-corrected chi connectivity index (χ0v) is 29.9. The molecule has 2 fully saturated rings. The van der Waals surface area contributed by atoms with E-state index in [0.717, 1.165) is 65.1 Å². The number of aromatic nitrogens is 2. The highest BCUT2D eigenvalue weighted by atomic mass is 35.5. The number of piperidine rings is 1. The minimum atomic E-state index is -0.759. The minimum Gasteiger partial charge on any atom is -0.496 e. The average molecular weight is 719 g/mol. The monoisotopic (exact) mass is 717 g/mol. The van der Waals surface area contributed by atoms with E-state index < -0.39 is 5.97 Å². The molecule has 0 bridgehead atoms. The molecule has 2 aliphatic rings. The molecule has 262 valence electrons. The minimum absolute atomic E-state index is 0.128. The molecule has 50 heavy (non-hydrogen) atoms. The third-order valence-electron chi connectivity index (χ3n) is 9.68. The number of pyridine rings is 2. The van der Waals surface area contributed by atoms with Gasteiger partial charge in [-0.1, -0.05) is 59.6 Å². The van der Waals surface area contributed by atoms with Crippen molar-refractivity contribution in [3.63, 3.8) is 0 Å². The summed E-state index contributed by atoms with van der Waals surface area (Å²) in [6, 6.07) is 17.8. The van der Waals surface area contributed by atoms with Crippen molar-refractivity contribution >= 4 is 35.1 Å². The van der Waals surface area contributed by atoms with Crippen LogP contribution in [0.15, 0.2) is 60.8 Å². The van der Waals surface area contributed by atoms with Gasteiger partial charge in [-0.05, 0) is 44.0 Å². The number of aliphatic carboxylic acids is 1. The van der Waals surface area contributed by atoms with Gasteiger partial charge in [0.05, 0.1) is 41.6 Å². The quantitative estimate of drug-likeness (QED) is 0.173. The number of hydrogen-bond acceptors (Lipinski definition) is 8. The van der Waals surface area contributed by atoms with E-state index in [1.807, 2.05) is 59.5 Å². The molecule has 0 spiro atoms. The van der Waals surface area contributed by atoms with E-state index in [-0.39, 0.29) is 11.8 Å². The maximum Gasteiger partial charge on any atom is 0.307 e. The second-order valence-corrected chi connectivity index (χ2v) is 13.6. The number of likely N-dealkylation sites (tertiary alicyclic amines) is 2. The molecule has 2 aromatic carbocycles. The van der Waals surface area contributed by atoms with E-state index >= 15 is 0 Å². The zero-order chi connectivity index (χ0) is 35.4. The van der Waals surface area contributed by atoms with Crippen molar-refractivity contribution in [2.45, 2.75) is 45.3 Å². The summed E-state index contributed by atoms with van der Waals surface area (Å²) < 4.78 is 11.4. The fraction of sp³-hybridized carbons (Fsp3) is 0.368. The Balaban J connectivity index is 1.21. The lowest BCUT2D eigenvalue weighted by molar-refractivity contribution is -0.141. The van der Waals surface area contributed by atoms with Gasteiger partial charge in [0.1, 0.15) is 5.75 Å². The number of carbonyl (C=O) groups is 2. The van der Waals surface area contributed by atoms with Gasteiger partial charge < -0.3 is 24.8 Å². The first kappa shape index (κ1) is 35.6. The molecule has 0 radical (unpaired) electrons. The molecule has 0 saturated carbocycles. The molecular formula is C38H41Cl2N5O5. The maximum absolute atomic E-state index is 11.7. The number of hydrogen-bond donors (Lipinski definition) is 2. The summed E-state index contributed by atoms with van der Waals surface area (Å²) in [5, 5.41) is 14.0. The summed E-state index contributed by atoms with van der Waals surface area (Å²) in [4.78, 5) is 36.5.